The summed E-state index contributed by atoms with van der Waals surface area (Å²) in [5.41, 5.74) is 0.544. The van der Waals surface area contributed by atoms with E-state index in [-0.39, 0.29) is 0 Å². The van der Waals surface area contributed by atoms with Crippen molar-refractivity contribution in [2.24, 2.45) is 0 Å². The lowest BCUT2D eigenvalue weighted by molar-refractivity contribution is -0.138. The molecule has 0 aromatic rings. The fourth-order valence-electron chi connectivity index (χ4n) is 1.04. The van der Waals surface area contributed by atoms with E-state index in [0.717, 1.165) is 5.75 Å². The van der Waals surface area contributed by atoms with Gasteiger partial charge in [0.15, 0.2) is 0 Å². The number of carbonyl (C=O) groups excluding carboxylic acids is 1. The number of carboxylic acid groups (broad SMARTS) is 1. The molecule has 0 bridgehead atoms. The molecule has 0 aliphatic carbocycles. The van der Waals surface area contributed by atoms with E-state index < -0.39 is 23.7 Å². The minimum Gasteiger partial charge on any atom is -0.480 e. The van der Waals surface area contributed by atoms with Crippen LogP contribution in [0.2, 0.25) is 0 Å². The van der Waals surface area contributed by atoms with Crippen molar-refractivity contribution in [2.45, 2.75) is 46.3 Å². The number of carboxylic acids is 1. The zero-order valence-electron chi connectivity index (χ0n) is 12.1. The molecular formula is C13H23NO4S. The lowest BCUT2D eigenvalue weighted by Crippen LogP contribution is -2.44. The first-order valence-electron chi connectivity index (χ1n) is 6.05. The Kier molecular flexibility index (Phi) is 7.59. The van der Waals surface area contributed by atoms with Crippen LogP contribution in [0.3, 0.4) is 0 Å². The maximum atomic E-state index is 11.5. The van der Waals surface area contributed by atoms with Crippen molar-refractivity contribution in [3.05, 3.63) is 11.6 Å². The van der Waals surface area contributed by atoms with E-state index in [1.165, 1.54) is 17.3 Å². The van der Waals surface area contributed by atoms with Gasteiger partial charge in [0.05, 0.1) is 0 Å². The van der Waals surface area contributed by atoms with Gasteiger partial charge in [-0.15, -0.1) is 0 Å². The van der Waals surface area contributed by atoms with Gasteiger partial charge in [-0.25, -0.2) is 9.59 Å². The third-order valence-corrected chi connectivity index (χ3v) is 2.85. The molecule has 2 N–H and O–H groups in total. The molecule has 0 unspecified atom stereocenters. The Hall–Kier alpha value is -1.17. The highest BCUT2D eigenvalue weighted by molar-refractivity contribution is 7.99. The number of hydrogen-bond acceptors (Lipinski definition) is 4. The summed E-state index contributed by atoms with van der Waals surface area (Å²) in [5.74, 6) is -0.0314. The molecule has 0 aromatic heterocycles. The second-order valence-electron chi connectivity index (χ2n) is 5.36. The van der Waals surface area contributed by atoms with Gasteiger partial charge in [-0.2, -0.15) is 11.8 Å². The van der Waals surface area contributed by atoms with Crippen molar-refractivity contribution in [3.63, 3.8) is 0 Å². The normalized spacial score (nSPS) is 12.5. The Morgan fingerprint density at radius 2 is 1.95 bits per heavy atom. The lowest BCUT2D eigenvalue weighted by Gasteiger charge is -2.21. The number of thioether (sulfide) groups is 1. The smallest absolute Gasteiger partial charge is 0.408 e. The van der Waals surface area contributed by atoms with E-state index >= 15 is 0 Å². The zero-order valence-corrected chi connectivity index (χ0v) is 13.0. The molecule has 6 heteroatoms. The highest BCUT2D eigenvalue weighted by Gasteiger charge is 2.23. The third kappa shape index (κ3) is 10.4. The van der Waals surface area contributed by atoms with Crippen LogP contribution in [0, 0.1) is 0 Å². The van der Waals surface area contributed by atoms with Crippen molar-refractivity contribution < 1.29 is 19.4 Å². The van der Waals surface area contributed by atoms with E-state index in [9.17, 15) is 9.59 Å². The molecule has 0 radical (unpaired) electrons. The maximum Gasteiger partial charge on any atom is 0.408 e. The largest absolute Gasteiger partial charge is 0.480 e. The Balaban J connectivity index is 4.23. The number of hydrogen-bond donors (Lipinski definition) is 2. The monoisotopic (exact) mass is 289 g/mol. The van der Waals surface area contributed by atoms with Crippen LogP contribution in [0.5, 0.6) is 0 Å². The van der Waals surface area contributed by atoms with Crippen molar-refractivity contribution >= 4 is 23.8 Å². The summed E-state index contributed by atoms with van der Waals surface area (Å²) in [7, 11) is 0. The molecule has 0 rings (SSSR count). The predicted octanol–water partition coefficient (Wildman–Crippen LogP) is 2.66. The number of aliphatic carboxylic acids is 1. The Morgan fingerprint density at radius 3 is 2.37 bits per heavy atom. The molecular weight excluding hydrogens is 266 g/mol. The van der Waals surface area contributed by atoms with Crippen LogP contribution in [0.25, 0.3) is 0 Å². The van der Waals surface area contributed by atoms with Crippen LogP contribution in [0.1, 0.15) is 34.6 Å². The molecule has 5 nitrogen and oxygen atoms in total. The van der Waals surface area contributed by atoms with Crippen molar-refractivity contribution in [2.75, 3.05) is 11.5 Å². The van der Waals surface area contributed by atoms with Gasteiger partial charge in [-0.3, -0.25) is 0 Å². The van der Waals surface area contributed by atoms with E-state index in [0.29, 0.717) is 5.75 Å². The zero-order chi connectivity index (χ0) is 15.1. The van der Waals surface area contributed by atoms with E-state index in [4.69, 9.17) is 9.84 Å². The first-order valence-corrected chi connectivity index (χ1v) is 7.20. The first-order chi connectivity index (χ1) is 8.61. The molecule has 0 aliphatic heterocycles. The summed E-state index contributed by atoms with van der Waals surface area (Å²) in [6.45, 7) is 9.14. The number of rotatable bonds is 6. The van der Waals surface area contributed by atoms with Crippen molar-refractivity contribution in [1.82, 2.24) is 5.32 Å². The summed E-state index contributed by atoms with van der Waals surface area (Å²) in [5, 5.41) is 11.4. The van der Waals surface area contributed by atoms with Gasteiger partial charge in [0, 0.05) is 11.5 Å². The molecule has 1 amide bonds. The summed E-state index contributed by atoms with van der Waals surface area (Å²) in [6.07, 6.45) is 1.31. The van der Waals surface area contributed by atoms with Crippen LogP contribution < -0.4 is 5.32 Å². The van der Waals surface area contributed by atoms with E-state index in [1.54, 1.807) is 20.8 Å². The fourth-order valence-corrected chi connectivity index (χ4v) is 2.08. The molecule has 0 saturated carbocycles. The number of ether oxygens (including phenoxy) is 1. The Morgan fingerprint density at radius 1 is 1.37 bits per heavy atom. The average Bonchev–Trinajstić information content (AvgIpc) is 2.19. The van der Waals surface area contributed by atoms with Gasteiger partial charge in [-0.1, -0.05) is 11.6 Å². The van der Waals surface area contributed by atoms with Gasteiger partial charge in [0.25, 0.3) is 0 Å². The highest BCUT2D eigenvalue weighted by atomic mass is 32.2. The molecule has 0 heterocycles. The summed E-state index contributed by atoms with van der Waals surface area (Å²) in [4.78, 5) is 22.5. The van der Waals surface area contributed by atoms with Gasteiger partial charge in [0.2, 0.25) is 0 Å². The minimum atomic E-state index is -1.06. The van der Waals surface area contributed by atoms with Crippen molar-refractivity contribution in [3.8, 4) is 0 Å². The van der Waals surface area contributed by atoms with E-state index in [2.05, 4.69) is 5.32 Å². The van der Waals surface area contributed by atoms with Gasteiger partial charge >= 0.3 is 12.1 Å². The van der Waals surface area contributed by atoms with Crippen LogP contribution in [-0.4, -0.2) is 40.3 Å². The molecule has 1 atom stereocenters. The molecule has 19 heavy (non-hydrogen) atoms. The average molecular weight is 289 g/mol. The molecule has 0 aromatic carbocycles. The maximum absolute atomic E-state index is 11.5. The Bertz CT molecular complexity index is 343. The third-order valence-electron chi connectivity index (χ3n) is 1.88. The Labute approximate surface area is 118 Å². The second kappa shape index (κ2) is 8.09. The number of alkyl carbamates (subject to hydrolysis) is 1. The SMILES string of the molecule is CC(C)=CCSC[C@H](NC(=O)OC(C)(C)C)C(=O)O. The van der Waals surface area contributed by atoms with Crippen LogP contribution >= 0.6 is 11.8 Å². The second-order valence-corrected chi connectivity index (χ2v) is 6.43. The number of allylic oxidation sites excluding steroid dienone is 1. The van der Waals surface area contributed by atoms with Crippen LogP contribution in [0.4, 0.5) is 4.79 Å². The van der Waals surface area contributed by atoms with Gasteiger partial charge in [0.1, 0.15) is 11.6 Å². The quantitative estimate of drug-likeness (QED) is 0.581. The van der Waals surface area contributed by atoms with Crippen LogP contribution in [-0.2, 0) is 9.53 Å². The predicted molar refractivity (Wildman–Crippen MR) is 77.5 cm³/mol. The topological polar surface area (TPSA) is 75.6 Å². The summed E-state index contributed by atoms with van der Waals surface area (Å²) >= 11 is 1.45. The number of nitrogens with one attached hydrogen (secondary N) is 1. The van der Waals surface area contributed by atoms with Crippen molar-refractivity contribution in [1.29, 1.82) is 0 Å². The lowest BCUT2D eigenvalue weighted by atomic mass is 10.2. The number of amides is 1. The summed E-state index contributed by atoms with van der Waals surface area (Å²) in [6, 6.07) is -0.939. The number of carbonyl (C=O) groups is 2. The summed E-state index contributed by atoms with van der Waals surface area (Å²) < 4.78 is 5.03. The standard InChI is InChI=1S/C13H23NO4S/c1-9(2)6-7-19-8-10(11(15)16)14-12(17)18-13(3,4)5/h6,10H,7-8H2,1-5H3,(H,14,17)(H,15,16)/t10-/m0/s1. The minimum absolute atomic E-state index is 0.304. The molecule has 0 spiro atoms. The molecule has 0 aliphatic rings. The first kappa shape index (κ1) is 17.8. The fraction of sp³-hybridized carbons (Fsp3) is 0.692. The molecule has 0 saturated heterocycles. The van der Waals surface area contributed by atoms with E-state index in [1.807, 2.05) is 19.9 Å². The van der Waals surface area contributed by atoms with Crippen LogP contribution in [0.15, 0.2) is 11.6 Å². The molecule has 110 valence electrons. The highest BCUT2D eigenvalue weighted by Crippen LogP contribution is 2.09. The molecule has 0 fully saturated rings. The van der Waals surface area contributed by atoms with Gasteiger partial charge < -0.3 is 15.2 Å². The van der Waals surface area contributed by atoms with Gasteiger partial charge in [-0.05, 0) is 34.6 Å².